The van der Waals surface area contributed by atoms with Gasteiger partial charge in [-0.15, -0.1) is 0 Å². The molecule has 0 aliphatic heterocycles. The number of hydrogen-bond donors (Lipinski definition) is 1. The first-order chi connectivity index (χ1) is 7.54. The van der Waals surface area contributed by atoms with Gasteiger partial charge >= 0.3 is 5.97 Å². The van der Waals surface area contributed by atoms with E-state index < -0.39 is 12.0 Å². The van der Waals surface area contributed by atoms with Gasteiger partial charge in [-0.2, -0.15) is 0 Å². The molecule has 0 radical (unpaired) electrons. The molecule has 4 nitrogen and oxygen atoms in total. The lowest BCUT2D eigenvalue weighted by Gasteiger charge is -2.11. The fourth-order valence-electron chi connectivity index (χ4n) is 1.30. The number of esters is 1. The molecule has 0 saturated carbocycles. The molecule has 1 unspecified atom stereocenters. The summed E-state index contributed by atoms with van der Waals surface area (Å²) in [6.45, 7) is 3.49. The summed E-state index contributed by atoms with van der Waals surface area (Å²) in [5.41, 5.74) is 1.54. The van der Waals surface area contributed by atoms with Crippen molar-refractivity contribution in [3.8, 4) is 0 Å². The quantitative estimate of drug-likeness (QED) is 0.782. The summed E-state index contributed by atoms with van der Waals surface area (Å²) in [4.78, 5) is 22.8. The normalized spacial score (nSPS) is 11.7. The Kier molecular flexibility index (Phi) is 4.05. The van der Waals surface area contributed by atoms with E-state index in [1.54, 1.807) is 25.1 Å². The third kappa shape index (κ3) is 3.08. The van der Waals surface area contributed by atoms with E-state index in [0.29, 0.717) is 5.56 Å². The Morgan fingerprint density at radius 2 is 2.06 bits per heavy atom. The number of nitrogens with one attached hydrogen (secondary N) is 1. The van der Waals surface area contributed by atoms with Gasteiger partial charge in [-0.3, -0.25) is 4.79 Å². The van der Waals surface area contributed by atoms with E-state index >= 15 is 0 Å². The third-order valence-electron chi connectivity index (χ3n) is 2.18. The Balaban J connectivity index is 2.69. The van der Waals surface area contributed by atoms with Gasteiger partial charge < -0.3 is 10.1 Å². The standard InChI is InChI=1S/C12H15NO3/c1-8-5-4-6-10(7-8)11(14)13-9(2)12(15)16-3/h4-7,9H,1-3H3,(H,13,14). The van der Waals surface area contributed by atoms with Gasteiger partial charge in [0.1, 0.15) is 6.04 Å². The van der Waals surface area contributed by atoms with Crippen LogP contribution in [0.3, 0.4) is 0 Å². The molecule has 0 aliphatic rings. The van der Waals surface area contributed by atoms with Crippen LogP contribution in [0.25, 0.3) is 0 Å². The lowest BCUT2D eigenvalue weighted by molar-refractivity contribution is -0.142. The van der Waals surface area contributed by atoms with Crippen molar-refractivity contribution in [1.82, 2.24) is 5.32 Å². The van der Waals surface area contributed by atoms with Gasteiger partial charge in [0.15, 0.2) is 0 Å². The second-order valence-corrected chi connectivity index (χ2v) is 3.59. The predicted octanol–water partition coefficient (Wildman–Crippen LogP) is 1.29. The fraction of sp³-hybridized carbons (Fsp3) is 0.333. The van der Waals surface area contributed by atoms with Gasteiger partial charge in [-0.25, -0.2) is 4.79 Å². The molecule has 0 fully saturated rings. The zero-order chi connectivity index (χ0) is 12.1. The topological polar surface area (TPSA) is 55.4 Å². The van der Waals surface area contributed by atoms with Crippen LogP contribution in [0.1, 0.15) is 22.8 Å². The smallest absolute Gasteiger partial charge is 0.328 e. The van der Waals surface area contributed by atoms with Crippen LogP contribution in [-0.2, 0) is 9.53 Å². The number of carbonyl (C=O) groups excluding carboxylic acids is 2. The van der Waals surface area contributed by atoms with Crippen LogP contribution in [0.4, 0.5) is 0 Å². The minimum atomic E-state index is -0.641. The summed E-state index contributed by atoms with van der Waals surface area (Å²) in [7, 11) is 1.29. The molecule has 1 aromatic rings. The van der Waals surface area contributed by atoms with E-state index in [9.17, 15) is 9.59 Å². The molecule has 86 valence electrons. The summed E-state index contributed by atoms with van der Waals surface area (Å²) in [6.07, 6.45) is 0. The summed E-state index contributed by atoms with van der Waals surface area (Å²) in [6, 6.07) is 6.53. The Labute approximate surface area is 94.6 Å². The minimum absolute atomic E-state index is 0.276. The molecule has 1 aromatic carbocycles. The maximum atomic E-state index is 11.7. The predicted molar refractivity (Wildman–Crippen MR) is 60.1 cm³/mol. The number of amides is 1. The molecule has 0 bridgehead atoms. The monoisotopic (exact) mass is 221 g/mol. The molecular formula is C12H15NO3. The van der Waals surface area contributed by atoms with Crippen LogP contribution in [0.2, 0.25) is 0 Å². The third-order valence-corrected chi connectivity index (χ3v) is 2.18. The van der Waals surface area contributed by atoms with Gasteiger partial charge in [-0.05, 0) is 26.0 Å². The van der Waals surface area contributed by atoms with Crippen LogP contribution in [-0.4, -0.2) is 25.0 Å². The number of benzene rings is 1. The van der Waals surface area contributed by atoms with E-state index in [1.165, 1.54) is 7.11 Å². The maximum absolute atomic E-state index is 11.7. The summed E-state index contributed by atoms with van der Waals surface area (Å²) in [5.74, 6) is -0.734. The van der Waals surface area contributed by atoms with Crippen molar-refractivity contribution >= 4 is 11.9 Å². The maximum Gasteiger partial charge on any atom is 0.328 e. The largest absolute Gasteiger partial charge is 0.467 e. The first-order valence-corrected chi connectivity index (χ1v) is 5.00. The minimum Gasteiger partial charge on any atom is -0.467 e. The van der Waals surface area contributed by atoms with Crippen molar-refractivity contribution in [1.29, 1.82) is 0 Å². The molecule has 1 atom stereocenters. The highest BCUT2D eigenvalue weighted by Gasteiger charge is 2.16. The molecule has 1 N–H and O–H groups in total. The molecule has 0 spiro atoms. The lowest BCUT2D eigenvalue weighted by Crippen LogP contribution is -2.39. The second-order valence-electron chi connectivity index (χ2n) is 3.59. The Bertz CT molecular complexity index is 401. The van der Waals surface area contributed by atoms with Gasteiger partial charge in [0, 0.05) is 5.56 Å². The molecule has 1 rings (SSSR count). The number of hydrogen-bond acceptors (Lipinski definition) is 3. The van der Waals surface area contributed by atoms with E-state index in [-0.39, 0.29) is 5.91 Å². The average molecular weight is 221 g/mol. The van der Waals surface area contributed by atoms with Crippen molar-refractivity contribution in [3.05, 3.63) is 35.4 Å². The Morgan fingerprint density at radius 3 is 2.62 bits per heavy atom. The van der Waals surface area contributed by atoms with Crippen LogP contribution in [0, 0.1) is 6.92 Å². The van der Waals surface area contributed by atoms with Crippen LogP contribution in [0.5, 0.6) is 0 Å². The number of methoxy groups -OCH3 is 1. The molecule has 0 aromatic heterocycles. The van der Waals surface area contributed by atoms with Crippen molar-refractivity contribution in [2.75, 3.05) is 7.11 Å². The van der Waals surface area contributed by atoms with Crippen molar-refractivity contribution in [2.45, 2.75) is 19.9 Å². The summed E-state index contributed by atoms with van der Waals surface area (Å²) < 4.78 is 4.52. The van der Waals surface area contributed by atoms with Gasteiger partial charge in [-0.1, -0.05) is 17.7 Å². The molecule has 1 amide bonds. The summed E-state index contributed by atoms with van der Waals surface area (Å²) in [5, 5.41) is 2.56. The second kappa shape index (κ2) is 5.30. The first kappa shape index (κ1) is 12.2. The van der Waals surface area contributed by atoms with Gasteiger partial charge in [0.05, 0.1) is 7.11 Å². The average Bonchev–Trinajstić information content (AvgIpc) is 2.27. The van der Waals surface area contributed by atoms with Crippen molar-refractivity contribution in [2.24, 2.45) is 0 Å². The summed E-state index contributed by atoms with van der Waals surface area (Å²) >= 11 is 0. The molecule has 0 heterocycles. The molecule has 4 heteroatoms. The van der Waals surface area contributed by atoms with Crippen LogP contribution >= 0.6 is 0 Å². The van der Waals surface area contributed by atoms with E-state index in [1.807, 2.05) is 13.0 Å². The molecule has 16 heavy (non-hydrogen) atoms. The van der Waals surface area contributed by atoms with Crippen LogP contribution in [0.15, 0.2) is 24.3 Å². The van der Waals surface area contributed by atoms with Crippen LogP contribution < -0.4 is 5.32 Å². The molecule has 0 aliphatic carbocycles. The number of ether oxygens (including phenoxy) is 1. The van der Waals surface area contributed by atoms with Gasteiger partial charge in [0.25, 0.3) is 5.91 Å². The number of rotatable bonds is 3. The Hall–Kier alpha value is -1.84. The number of carbonyl (C=O) groups is 2. The fourth-order valence-corrected chi connectivity index (χ4v) is 1.30. The number of aryl methyl sites for hydroxylation is 1. The van der Waals surface area contributed by atoms with Gasteiger partial charge in [0.2, 0.25) is 0 Å². The highest BCUT2D eigenvalue weighted by Crippen LogP contribution is 2.04. The van der Waals surface area contributed by atoms with E-state index in [4.69, 9.17) is 0 Å². The van der Waals surface area contributed by atoms with Crippen molar-refractivity contribution < 1.29 is 14.3 Å². The molecule has 0 saturated heterocycles. The SMILES string of the molecule is COC(=O)C(C)NC(=O)c1cccc(C)c1. The highest BCUT2D eigenvalue weighted by atomic mass is 16.5. The van der Waals surface area contributed by atoms with E-state index in [2.05, 4.69) is 10.1 Å². The Morgan fingerprint density at radius 1 is 1.38 bits per heavy atom. The van der Waals surface area contributed by atoms with Crippen molar-refractivity contribution in [3.63, 3.8) is 0 Å². The zero-order valence-electron chi connectivity index (χ0n) is 9.61. The zero-order valence-corrected chi connectivity index (χ0v) is 9.61. The lowest BCUT2D eigenvalue weighted by atomic mass is 10.1. The van der Waals surface area contributed by atoms with E-state index in [0.717, 1.165) is 5.56 Å². The highest BCUT2D eigenvalue weighted by molar-refractivity contribution is 5.96. The molecular weight excluding hydrogens is 206 g/mol. The first-order valence-electron chi connectivity index (χ1n) is 5.00.